The molecule has 0 aliphatic carbocycles. The number of carbonyl (C=O) groups excluding carboxylic acids is 1. The highest BCUT2D eigenvalue weighted by atomic mass is 19.3. The van der Waals surface area contributed by atoms with E-state index in [4.69, 9.17) is 4.84 Å². The fraction of sp³-hybridized carbons (Fsp3) is 0.176. The van der Waals surface area contributed by atoms with Gasteiger partial charge in [0.2, 0.25) is 0 Å². The fourth-order valence-corrected chi connectivity index (χ4v) is 1.81. The van der Waals surface area contributed by atoms with Crippen LogP contribution in [0.4, 0.5) is 14.5 Å². The van der Waals surface area contributed by atoms with Crippen molar-refractivity contribution in [3.05, 3.63) is 59.7 Å². The third-order valence-electron chi connectivity index (χ3n) is 2.93. The first-order valence-corrected chi connectivity index (χ1v) is 7.10. The van der Waals surface area contributed by atoms with Gasteiger partial charge in [0.1, 0.15) is 5.75 Å². The Balaban J connectivity index is 1.84. The van der Waals surface area contributed by atoms with Crippen LogP contribution in [-0.4, -0.2) is 25.3 Å². The van der Waals surface area contributed by atoms with Crippen LogP contribution in [0.25, 0.3) is 0 Å². The number of anilines is 1. The molecule has 0 aliphatic heterocycles. The number of amides is 1. The van der Waals surface area contributed by atoms with Crippen molar-refractivity contribution in [1.82, 2.24) is 0 Å². The van der Waals surface area contributed by atoms with Crippen LogP contribution in [-0.2, 0) is 9.63 Å². The van der Waals surface area contributed by atoms with Crippen molar-refractivity contribution in [2.45, 2.75) is 13.5 Å². The highest BCUT2D eigenvalue weighted by Crippen LogP contribution is 2.18. The molecule has 5 nitrogen and oxygen atoms in total. The molecule has 1 amide bonds. The number of rotatable bonds is 7. The van der Waals surface area contributed by atoms with Gasteiger partial charge < -0.3 is 14.9 Å². The molecular weight excluding hydrogens is 318 g/mol. The molecule has 0 unspecified atom stereocenters. The van der Waals surface area contributed by atoms with Crippen LogP contribution >= 0.6 is 0 Å². The Kier molecular flexibility index (Phi) is 6.24. The molecule has 0 spiro atoms. The first-order valence-electron chi connectivity index (χ1n) is 7.10. The molecule has 126 valence electrons. The SMILES string of the molecule is Cc1ccc(NC(=O)CO/N=C/c2ccccc2OC(F)F)cc1. The quantitative estimate of drug-likeness (QED) is 0.622. The molecular formula is C17H16F2N2O3. The van der Waals surface area contributed by atoms with Gasteiger partial charge in [0.05, 0.1) is 6.21 Å². The number of para-hydroxylation sites is 1. The smallest absolute Gasteiger partial charge is 0.387 e. The summed E-state index contributed by atoms with van der Waals surface area (Å²) in [5.74, 6) is -0.405. The van der Waals surface area contributed by atoms with Crippen LogP contribution in [0.3, 0.4) is 0 Å². The van der Waals surface area contributed by atoms with Gasteiger partial charge in [-0.25, -0.2) is 0 Å². The Morgan fingerprint density at radius 1 is 1.21 bits per heavy atom. The summed E-state index contributed by atoms with van der Waals surface area (Å²) in [6, 6.07) is 13.4. The van der Waals surface area contributed by atoms with Crippen molar-refractivity contribution in [1.29, 1.82) is 0 Å². The number of nitrogens with zero attached hydrogens (tertiary/aromatic N) is 1. The molecule has 0 saturated heterocycles. The van der Waals surface area contributed by atoms with E-state index in [9.17, 15) is 13.6 Å². The first kappa shape index (κ1) is 17.4. The average molecular weight is 334 g/mol. The van der Waals surface area contributed by atoms with E-state index in [0.717, 1.165) is 5.56 Å². The normalized spacial score (nSPS) is 10.8. The molecule has 7 heteroatoms. The fourth-order valence-electron chi connectivity index (χ4n) is 1.81. The number of carbonyl (C=O) groups is 1. The summed E-state index contributed by atoms with van der Waals surface area (Å²) in [6.07, 6.45) is 1.21. The summed E-state index contributed by atoms with van der Waals surface area (Å²) < 4.78 is 28.9. The Hall–Kier alpha value is -2.96. The van der Waals surface area contributed by atoms with Crippen molar-refractivity contribution in [2.75, 3.05) is 11.9 Å². The lowest BCUT2D eigenvalue weighted by atomic mass is 10.2. The molecule has 1 N–H and O–H groups in total. The van der Waals surface area contributed by atoms with Crippen LogP contribution in [0.2, 0.25) is 0 Å². The number of benzene rings is 2. The number of nitrogens with one attached hydrogen (secondary N) is 1. The predicted molar refractivity (Wildman–Crippen MR) is 86.4 cm³/mol. The van der Waals surface area contributed by atoms with Gasteiger partial charge in [-0.1, -0.05) is 35.0 Å². The van der Waals surface area contributed by atoms with E-state index in [0.29, 0.717) is 11.3 Å². The molecule has 2 aromatic rings. The van der Waals surface area contributed by atoms with Gasteiger partial charge in [-0.3, -0.25) is 4.79 Å². The van der Waals surface area contributed by atoms with Crippen molar-refractivity contribution in [3.63, 3.8) is 0 Å². The van der Waals surface area contributed by atoms with Crippen molar-refractivity contribution in [2.24, 2.45) is 5.16 Å². The molecule has 0 aliphatic rings. The number of aryl methyl sites for hydroxylation is 1. The number of oxime groups is 1. The highest BCUT2D eigenvalue weighted by molar-refractivity contribution is 5.91. The van der Waals surface area contributed by atoms with Gasteiger partial charge in [0.25, 0.3) is 5.91 Å². The maximum absolute atomic E-state index is 12.3. The molecule has 0 atom stereocenters. The summed E-state index contributed by atoms with van der Waals surface area (Å²) in [6.45, 7) is -1.29. The zero-order valence-electron chi connectivity index (χ0n) is 12.9. The van der Waals surface area contributed by atoms with Crippen LogP contribution in [0.5, 0.6) is 5.75 Å². The van der Waals surface area contributed by atoms with E-state index < -0.39 is 6.61 Å². The second kappa shape index (κ2) is 8.61. The maximum Gasteiger partial charge on any atom is 0.387 e. The number of alkyl halides is 2. The zero-order chi connectivity index (χ0) is 17.4. The van der Waals surface area contributed by atoms with E-state index in [1.807, 2.05) is 19.1 Å². The Morgan fingerprint density at radius 3 is 2.62 bits per heavy atom. The van der Waals surface area contributed by atoms with Crippen molar-refractivity contribution in [3.8, 4) is 5.75 Å². The summed E-state index contributed by atoms with van der Waals surface area (Å²) in [4.78, 5) is 16.6. The highest BCUT2D eigenvalue weighted by Gasteiger charge is 2.07. The molecule has 0 aromatic heterocycles. The van der Waals surface area contributed by atoms with E-state index in [1.54, 1.807) is 24.3 Å². The summed E-state index contributed by atoms with van der Waals surface area (Å²) in [5.41, 5.74) is 2.05. The average Bonchev–Trinajstić information content (AvgIpc) is 2.55. The lowest BCUT2D eigenvalue weighted by molar-refractivity contribution is -0.120. The minimum Gasteiger partial charge on any atom is -0.434 e. The minimum absolute atomic E-state index is 0.0241. The minimum atomic E-state index is -2.93. The van der Waals surface area contributed by atoms with Crippen LogP contribution in [0.15, 0.2) is 53.7 Å². The van der Waals surface area contributed by atoms with Gasteiger partial charge in [-0.15, -0.1) is 0 Å². The third-order valence-corrected chi connectivity index (χ3v) is 2.93. The van der Waals surface area contributed by atoms with Gasteiger partial charge in [0, 0.05) is 11.3 Å². The largest absolute Gasteiger partial charge is 0.434 e. The summed E-state index contributed by atoms with van der Waals surface area (Å²) >= 11 is 0. The molecule has 0 bridgehead atoms. The second-order valence-corrected chi connectivity index (χ2v) is 4.84. The van der Waals surface area contributed by atoms with Crippen molar-refractivity contribution < 1.29 is 23.1 Å². The van der Waals surface area contributed by atoms with E-state index in [2.05, 4.69) is 15.2 Å². The van der Waals surface area contributed by atoms with Crippen molar-refractivity contribution >= 4 is 17.8 Å². The van der Waals surface area contributed by atoms with Gasteiger partial charge in [-0.05, 0) is 31.2 Å². The lowest BCUT2D eigenvalue weighted by Gasteiger charge is -2.07. The molecule has 0 radical (unpaired) electrons. The molecule has 0 saturated carbocycles. The first-order chi connectivity index (χ1) is 11.5. The summed E-state index contributed by atoms with van der Waals surface area (Å²) in [7, 11) is 0. The number of hydrogen-bond donors (Lipinski definition) is 1. The Labute approximate surface area is 137 Å². The topological polar surface area (TPSA) is 59.9 Å². The number of halogens is 2. The second-order valence-electron chi connectivity index (χ2n) is 4.84. The van der Waals surface area contributed by atoms with Gasteiger partial charge in [0.15, 0.2) is 6.61 Å². The predicted octanol–water partition coefficient (Wildman–Crippen LogP) is 3.59. The standard InChI is InChI=1S/C17H16F2N2O3/c1-12-6-8-14(9-7-12)21-16(22)11-23-20-10-13-4-2-3-5-15(13)24-17(18)19/h2-10,17H,11H2,1H3,(H,21,22)/b20-10+. The molecule has 0 heterocycles. The lowest BCUT2D eigenvalue weighted by Crippen LogP contribution is -2.16. The summed E-state index contributed by atoms with van der Waals surface area (Å²) in [5, 5.41) is 6.24. The van der Waals surface area contributed by atoms with Crippen LogP contribution < -0.4 is 10.1 Å². The Morgan fingerprint density at radius 2 is 1.92 bits per heavy atom. The maximum atomic E-state index is 12.3. The Bertz CT molecular complexity index is 703. The molecule has 24 heavy (non-hydrogen) atoms. The molecule has 2 rings (SSSR count). The van der Waals surface area contributed by atoms with Gasteiger partial charge in [-0.2, -0.15) is 8.78 Å². The van der Waals surface area contributed by atoms with Crippen LogP contribution in [0.1, 0.15) is 11.1 Å². The number of ether oxygens (including phenoxy) is 1. The monoisotopic (exact) mass is 334 g/mol. The molecule has 0 fully saturated rings. The van der Waals surface area contributed by atoms with E-state index in [-0.39, 0.29) is 18.3 Å². The van der Waals surface area contributed by atoms with Gasteiger partial charge >= 0.3 is 6.61 Å². The van der Waals surface area contributed by atoms with E-state index >= 15 is 0 Å². The number of hydrogen-bond acceptors (Lipinski definition) is 4. The van der Waals surface area contributed by atoms with E-state index in [1.165, 1.54) is 18.3 Å². The zero-order valence-corrected chi connectivity index (χ0v) is 12.9. The van der Waals surface area contributed by atoms with Crippen LogP contribution in [0, 0.1) is 6.92 Å². The third kappa shape index (κ3) is 5.68. The molecule has 2 aromatic carbocycles.